The fraction of sp³-hybridized carbons (Fsp3) is 0.364. The van der Waals surface area contributed by atoms with Crippen molar-refractivity contribution >= 4 is 17.3 Å². The number of rotatable bonds is 6. The van der Waals surface area contributed by atoms with E-state index in [-0.39, 0.29) is 16.9 Å². The minimum atomic E-state index is -0.619. The number of nitrogen functional groups attached to an aromatic ring is 1. The summed E-state index contributed by atoms with van der Waals surface area (Å²) in [5, 5.41) is 13.2. The highest BCUT2D eigenvalue weighted by Gasteiger charge is 2.18. The van der Waals surface area contributed by atoms with Crippen LogP contribution in [0.2, 0.25) is 0 Å². The van der Waals surface area contributed by atoms with Crippen molar-refractivity contribution in [1.29, 1.82) is 0 Å². The summed E-state index contributed by atoms with van der Waals surface area (Å²) in [6.45, 7) is 3.13. The third kappa shape index (κ3) is 3.42. The molecule has 1 aromatic carbocycles. The van der Waals surface area contributed by atoms with Crippen molar-refractivity contribution in [2.24, 2.45) is 0 Å². The molecule has 1 aromatic rings. The molecule has 0 radical (unpaired) electrons. The molecule has 1 amide bonds. The van der Waals surface area contributed by atoms with Gasteiger partial charge >= 0.3 is 0 Å². The summed E-state index contributed by atoms with van der Waals surface area (Å²) in [5.74, 6) is -0.448. The van der Waals surface area contributed by atoms with Crippen molar-refractivity contribution < 1.29 is 14.5 Å². The van der Waals surface area contributed by atoms with Gasteiger partial charge in [-0.15, -0.1) is 0 Å². The maximum Gasteiger partial charge on any atom is 0.292 e. The number of benzene rings is 1. The second-order valence-electron chi connectivity index (χ2n) is 3.45. The summed E-state index contributed by atoms with van der Waals surface area (Å²) < 4.78 is 5.06. The molecule has 0 aliphatic carbocycles. The average molecular weight is 253 g/mol. The van der Waals surface area contributed by atoms with Gasteiger partial charge in [0.1, 0.15) is 5.69 Å². The Hall–Kier alpha value is -2.15. The molecule has 1 rings (SSSR count). The quantitative estimate of drug-likeness (QED) is 0.339. The highest BCUT2D eigenvalue weighted by atomic mass is 16.6. The normalized spacial score (nSPS) is 10.1. The maximum atomic E-state index is 11.7. The van der Waals surface area contributed by atoms with E-state index in [0.717, 1.165) is 0 Å². The summed E-state index contributed by atoms with van der Waals surface area (Å²) in [4.78, 5) is 21.8. The predicted octanol–water partition coefficient (Wildman–Crippen LogP) is 0.943. The molecule has 0 aromatic heterocycles. The molecule has 18 heavy (non-hydrogen) atoms. The predicted molar refractivity (Wildman–Crippen MR) is 66.3 cm³/mol. The number of hydrogen-bond donors (Lipinski definition) is 2. The Morgan fingerprint density at radius 1 is 1.56 bits per heavy atom. The zero-order chi connectivity index (χ0) is 13.5. The number of nitrogens with two attached hydrogens (primary N) is 1. The van der Waals surface area contributed by atoms with Crippen molar-refractivity contribution in [1.82, 2.24) is 5.32 Å². The molecule has 0 heterocycles. The van der Waals surface area contributed by atoms with Gasteiger partial charge in [0.05, 0.1) is 17.1 Å². The van der Waals surface area contributed by atoms with Crippen molar-refractivity contribution in [3.63, 3.8) is 0 Å². The Balaban J connectivity index is 2.74. The Morgan fingerprint density at radius 2 is 2.28 bits per heavy atom. The lowest BCUT2D eigenvalue weighted by Crippen LogP contribution is -2.28. The van der Waals surface area contributed by atoms with Crippen LogP contribution in [0, 0.1) is 10.1 Å². The van der Waals surface area contributed by atoms with Gasteiger partial charge in [-0.05, 0) is 13.0 Å². The number of carbonyl (C=O) groups excluding carboxylic acids is 1. The molecule has 0 atom stereocenters. The van der Waals surface area contributed by atoms with Crippen LogP contribution in [0.3, 0.4) is 0 Å². The smallest absolute Gasteiger partial charge is 0.292 e. The van der Waals surface area contributed by atoms with Crippen molar-refractivity contribution in [2.75, 3.05) is 25.5 Å². The molecule has 0 fully saturated rings. The highest BCUT2D eigenvalue weighted by molar-refractivity contribution is 6.00. The molecule has 0 spiro atoms. The lowest BCUT2D eigenvalue weighted by molar-refractivity contribution is -0.383. The SMILES string of the molecule is CCOCCNC(=O)c1cccc([N+](=O)[O-])c1N. The Bertz CT molecular complexity index is 448. The van der Waals surface area contributed by atoms with Gasteiger partial charge in [0.15, 0.2) is 0 Å². The summed E-state index contributed by atoms with van der Waals surface area (Å²) in [5.41, 5.74) is 5.28. The standard InChI is InChI=1S/C11H15N3O4/c1-2-18-7-6-13-11(15)8-4-3-5-9(10(8)12)14(16)17/h3-5H,2,6-7,12H2,1H3,(H,13,15). The second kappa shape index (κ2) is 6.55. The van der Waals surface area contributed by atoms with Crippen LogP contribution in [-0.4, -0.2) is 30.6 Å². The molecule has 7 nitrogen and oxygen atoms in total. The zero-order valence-electron chi connectivity index (χ0n) is 10.0. The average Bonchev–Trinajstić information content (AvgIpc) is 2.34. The van der Waals surface area contributed by atoms with E-state index in [9.17, 15) is 14.9 Å². The summed E-state index contributed by atoms with van der Waals surface area (Å²) in [7, 11) is 0. The number of nitro benzene ring substituents is 1. The van der Waals surface area contributed by atoms with Crippen LogP contribution in [-0.2, 0) is 4.74 Å². The third-order valence-corrected chi connectivity index (χ3v) is 2.26. The number of carbonyl (C=O) groups is 1. The number of anilines is 1. The van der Waals surface area contributed by atoms with Gasteiger partial charge < -0.3 is 15.8 Å². The largest absolute Gasteiger partial charge is 0.393 e. The highest BCUT2D eigenvalue weighted by Crippen LogP contribution is 2.24. The number of amides is 1. The van der Waals surface area contributed by atoms with Crippen LogP contribution in [0.4, 0.5) is 11.4 Å². The molecule has 0 aliphatic heterocycles. The topological polar surface area (TPSA) is 107 Å². The van der Waals surface area contributed by atoms with Gasteiger partial charge in [0.25, 0.3) is 11.6 Å². The van der Waals surface area contributed by atoms with Crippen LogP contribution < -0.4 is 11.1 Å². The van der Waals surface area contributed by atoms with E-state index in [1.54, 1.807) is 0 Å². The molecular formula is C11H15N3O4. The lowest BCUT2D eigenvalue weighted by Gasteiger charge is -2.07. The van der Waals surface area contributed by atoms with Crippen LogP contribution >= 0.6 is 0 Å². The third-order valence-electron chi connectivity index (χ3n) is 2.26. The van der Waals surface area contributed by atoms with E-state index < -0.39 is 10.8 Å². The fourth-order valence-corrected chi connectivity index (χ4v) is 1.39. The molecule has 0 unspecified atom stereocenters. The van der Waals surface area contributed by atoms with Gasteiger partial charge in [-0.1, -0.05) is 6.07 Å². The van der Waals surface area contributed by atoms with Gasteiger partial charge in [0.2, 0.25) is 0 Å². The van der Waals surface area contributed by atoms with E-state index in [1.165, 1.54) is 18.2 Å². The number of para-hydroxylation sites is 1. The molecule has 0 aliphatic rings. The minimum Gasteiger partial charge on any atom is -0.393 e. The molecule has 0 bridgehead atoms. The van der Waals surface area contributed by atoms with E-state index in [1.807, 2.05) is 6.92 Å². The van der Waals surface area contributed by atoms with Gasteiger partial charge in [0, 0.05) is 19.2 Å². The van der Waals surface area contributed by atoms with Crippen molar-refractivity contribution in [3.8, 4) is 0 Å². The number of nitrogens with zero attached hydrogens (tertiary/aromatic N) is 1. The van der Waals surface area contributed by atoms with Crippen molar-refractivity contribution in [3.05, 3.63) is 33.9 Å². The number of nitrogens with one attached hydrogen (secondary N) is 1. The van der Waals surface area contributed by atoms with E-state index >= 15 is 0 Å². The molecule has 7 heteroatoms. The Kier molecular flexibility index (Phi) is 5.06. The van der Waals surface area contributed by atoms with Gasteiger partial charge in [-0.25, -0.2) is 0 Å². The lowest BCUT2D eigenvalue weighted by atomic mass is 10.1. The first-order valence-electron chi connectivity index (χ1n) is 5.46. The first kappa shape index (κ1) is 13.9. The molecule has 0 saturated heterocycles. The van der Waals surface area contributed by atoms with Crippen LogP contribution in [0.25, 0.3) is 0 Å². The summed E-state index contributed by atoms with van der Waals surface area (Å²) in [6.07, 6.45) is 0. The fourth-order valence-electron chi connectivity index (χ4n) is 1.39. The first-order valence-corrected chi connectivity index (χ1v) is 5.46. The van der Waals surface area contributed by atoms with Crippen LogP contribution in [0.5, 0.6) is 0 Å². The first-order chi connectivity index (χ1) is 8.57. The molecule has 98 valence electrons. The number of hydrogen-bond acceptors (Lipinski definition) is 5. The summed E-state index contributed by atoms with van der Waals surface area (Å²) in [6, 6.07) is 4.12. The Labute approximate surface area is 104 Å². The van der Waals surface area contributed by atoms with E-state index in [2.05, 4.69) is 5.32 Å². The number of nitro groups is 1. The zero-order valence-corrected chi connectivity index (χ0v) is 10.0. The maximum absolute atomic E-state index is 11.7. The number of ether oxygens (including phenoxy) is 1. The molecule has 0 saturated carbocycles. The van der Waals surface area contributed by atoms with Crippen LogP contribution in [0.15, 0.2) is 18.2 Å². The molecule has 3 N–H and O–H groups in total. The van der Waals surface area contributed by atoms with E-state index in [0.29, 0.717) is 19.8 Å². The second-order valence-corrected chi connectivity index (χ2v) is 3.45. The Morgan fingerprint density at radius 3 is 2.89 bits per heavy atom. The van der Waals surface area contributed by atoms with Crippen LogP contribution in [0.1, 0.15) is 17.3 Å². The monoisotopic (exact) mass is 253 g/mol. The minimum absolute atomic E-state index is 0.0979. The van der Waals surface area contributed by atoms with E-state index in [4.69, 9.17) is 10.5 Å². The van der Waals surface area contributed by atoms with Gasteiger partial charge in [-0.3, -0.25) is 14.9 Å². The summed E-state index contributed by atoms with van der Waals surface area (Å²) >= 11 is 0. The van der Waals surface area contributed by atoms with Crippen molar-refractivity contribution in [2.45, 2.75) is 6.92 Å². The van der Waals surface area contributed by atoms with Gasteiger partial charge in [-0.2, -0.15) is 0 Å². The molecular weight excluding hydrogens is 238 g/mol.